The molecule has 5 heteroatoms. The van der Waals surface area contributed by atoms with Crippen LogP contribution in [0.3, 0.4) is 0 Å². The van der Waals surface area contributed by atoms with Gasteiger partial charge in [-0.3, -0.25) is 9.58 Å². The van der Waals surface area contributed by atoms with Crippen molar-refractivity contribution in [1.82, 2.24) is 14.7 Å². The average molecular weight is 238 g/mol. The largest absolute Gasteiger partial charge is 0.372 e. The zero-order valence-electron chi connectivity index (χ0n) is 10.7. The maximum atomic E-state index is 5.84. The number of nitrogens with two attached hydrogens (primary N) is 1. The first-order valence-electron chi connectivity index (χ1n) is 6.19. The summed E-state index contributed by atoms with van der Waals surface area (Å²) >= 11 is 0. The molecule has 1 aromatic heterocycles. The molecule has 0 aliphatic carbocycles. The normalized spacial score (nSPS) is 24.7. The molecule has 96 valence electrons. The Kier molecular flexibility index (Phi) is 4.15. The van der Waals surface area contributed by atoms with Crippen LogP contribution < -0.4 is 5.73 Å². The van der Waals surface area contributed by atoms with Crippen LogP contribution in [0, 0.1) is 0 Å². The van der Waals surface area contributed by atoms with Crippen LogP contribution in [0.5, 0.6) is 0 Å². The highest BCUT2D eigenvalue weighted by atomic mass is 16.5. The first-order valence-corrected chi connectivity index (χ1v) is 6.19. The molecule has 1 aromatic rings. The summed E-state index contributed by atoms with van der Waals surface area (Å²) in [5, 5.41) is 4.17. The molecule has 0 saturated carbocycles. The third-order valence-electron chi connectivity index (χ3n) is 3.18. The van der Waals surface area contributed by atoms with Crippen molar-refractivity contribution in [3.05, 3.63) is 18.0 Å². The summed E-state index contributed by atoms with van der Waals surface area (Å²) in [6.07, 6.45) is 6.79. The van der Waals surface area contributed by atoms with Crippen LogP contribution in [0.1, 0.15) is 18.4 Å². The third kappa shape index (κ3) is 3.52. The molecule has 0 bridgehead atoms. The molecule has 2 N–H and O–H groups in total. The van der Waals surface area contributed by atoms with E-state index >= 15 is 0 Å². The van der Waals surface area contributed by atoms with Crippen molar-refractivity contribution in [2.24, 2.45) is 12.8 Å². The molecular formula is C12H22N4O. The lowest BCUT2D eigenvalue weighted by atomic mass is 10.2. The summed E-state index contributed by atoms with van der Waals surface area (Å²) in [6, 6.07) is 0. The van der Waals surface area contributed by atoms with Gasteiger partial charge in [0.1, 0.15) is 0 Å². The van der Waals surface area contributed by atoms with Gasteiger partial charge in [0.25, 0.3) is 0 Å². The fraction of sp³-hybridized carbons (Fsp3) is 0.750. The van der Waals surface area contributed by atoms with Crippen molar-refractivity contribution >= 4 is 0 Å². The minimum Gasteiger partial charge on any atom is -0.372 e. The number of aromatic nitrogens is 2. The number of ether oxygens (including phenoxy) is 1. The predicted molar refractivity (Wildman–Crippen MR) is 66.5 cm³/mol. The summed E-state index contributed by atoms with van der Waals surface area (Å²) in [5.74, 6) is 0. The first kappa shape index (κ1) is 12.5. The summed E-state index contributed by atoms with van der Waals surface area (Å²) < 4.78 is 7.67. The topological polar surface area (TPSA) is 56.3 Å². The van der Waals surface area contributed by atoms with E-state index in [2.05, 4.69) is 23.2 Å². The van der Waals surface area contributed by atoms with Crippen molar-refractivity contribution in [1.29, 1.82) is 0 Å². The van der Waals surface area contributed by atoms with Crippen molar-refractivity contribution < 1.29 is 4.74 Å². The minimum absolute atomic E-state index is 0.270. The summed E-state index contributed by atoms with van der Waals surface area (Å²) in [6.45, 7) is 2.52. The second-order valence-corrected chi connectivity index (χ2v) is 4.91. The van der Waals surface area contributed by atoms with Crippen molar-refractivity contribution in [2.45, 2.75) is 31.6 Å². The van der Waals surface area contributed by atoms with E-state index in [0.717, 1.165) is 25.9 Å². The molecule has 2 atom stereocenters. The van der Waals surface area contributed by atoms with E-state index in [0.29, 0.717) is 12.6 Å². The minimum atomic E-state index is 0.270. The van der Waals surface area contributed by atoms with Gasteiger partial charge in [0, 0.05) is 38.4 Å². The molecule has 2 unspecified atom stereocenters. The van der Waals surface area contributed by atoms with E-state index in [-0.39, 0.29) is 6.10 Å². The number of nitrogens with zero attached hydrogens (tertiary/aromatic N) is 3. The summed E-state index contributed by atoms with van der Waals surface area (Å²) in [5.41, 5.74) is 6.84. The van der Waals surface area contributed by atoms with Gasteiger partial charge in [-0.15, -0.1) is 0 Å². The number of likely N-dealkylation sites (N-methyl/N-ethyl adjacent to an activating group) is 1. The maximum absolute atomic E-state index is 5.84. The number of rotatable bonds is 5. The van der Waals surface area contributed by atoms with E-state index in [4.69, 9.17) is 10.5 Å². The smallest absolute Gasteiger partial charge is 0.0707 e. The first-order chi connectivity index (χ1) is 8.17. The molecule has 1 fully saturated rings. The molecule has 0 aromatic carbocycles. The Morgan fingerprint density at radius 2 is 2.29 bits per heavy atom. The second kappa shape index (κ2) is 5.62. The number of hydrogen-bond donors (Lipinski definition) is 1. The van der Waals surface area contributed by atoms with Crippen molar-refractivity contribution in [3.8, 4) is 0 Å². The van der Waals surface area contributed by atoms with Crippen molar-refractivity contribution in [3.63, 3.8) is 0 Å². The Morgan fingerprint density at radius 1 is 1.53 bits per heavy atom. The Labute approximate surface area is 103 Å². The number of aryl methyl sites for hydroxylation is 1. The molecule has 17 heavy (non-hydrogen) atoms. The van der Waals surface area contributed by atoms with Gasteiger partial charge in [0.15, 0.2) is 0 Å². The van der Waals surface area contributed by atoms with Crippen LogP contribution in [0.2, 0.25) is 0 Å². The van der Waals surface area contributed by atoms with E-state index in [9.17, 15) is 0 Å². The monoisotopic (exact) mass is 238 g/mol. The van der Waals surface area contributed by atoms with E-state index in [1.54, 1.807) is 0 Å². The molecule has 1 aliphatic rings. The molecule has 2 heterocycles. The standard InChI is InChI=1S/C12H22N4O/c1-15(7-10-6-14-16(2)8-10)9-12-4-3-11(5-13)17-12/h6,8,11-12H,3-5,7,9,13H2,1-2H3. The van der Waals surface area contributed by atoms with Gasteiger partial charge >= 0.3 is 0 Å². The Morgan fingerprint density at radius 3 is 2.88 bits per heavy atom. The van der Waals surface area contributed by atoms with E-state index in [1.807, 2.05) is 17.9 Å². The van der Waals surface area contributed by atoms with Gasteiger partial charge in [0.2, 0.25) is 0 Å². The SMILES string of the molecule is CN(Cc1cnn(C)c1)CC1CCC(CN)O1. The zero-order valence-corrected chi connectivity index (χ0v) is 10.7. The van der Waals surface area contributed by atoms with Gasteiger partial charge < -0.3 is 10.5 Å². The average Bonchev–Trinajstić information content (AvgIpc) is 2.88. The molecule has 5 nitrogen and oxygen atoms in total. The Bertz CT molecular complexity index is 352. The molecule has 0 radical (unpaired) electrons. The fourth-order valence-corrected chi connectivity index (χ4v) is 2.37. The highest BCUT2D eigenvalue weighted by molar-refractivity contribution is 5.03. The van der Waals surface area contributed by atoms with Crippen LogP contribution in [0.15, 0.2) is 12.4 Å². The van der Waals surface area contributed by atoms with Crippen LogP contribution >= 0.6 is 0 Å². The van der Waals surface area contributed by atoms with Crippen LogP contribution in [0.25, 0.3) is 0 Å². The van der Waals surface area contributed by atoms with Gasteiger partial charge in [-0.25, -0.2) is 0 Å². The van der Waals surface area contributed by atoms with E-state index < -0.39 is 0 Å². The van der Waals surface area contributed by atoms with Crippen LogP contribution in [0.4, 0.5) is 0 Å². The lowest BCUT2D eigenvalue weighted by Crippen LogP contribution is -2.30. The molecule has 1 aliphatic heterocycles. The lowest BCUT2D eigenvalue weighted by Gasteiger charge is -2.20. The molecule has 0 amide bonds. The zero-order chi connectivity index (χ0) is 12.3. The molecular weight excluding hydrogens is 216 g/mol. The quantitative estimate of drug-likeness (QED) is 0.804. The molecule has 1 saturated heterocycles. The molecule has 2 rings (SSSR count). The number of hydrogen-bond acceptors (Lipinski definition) is 4. The van der Waals surface area contributed by atoms with Crippen LogP contribution in [-0.4, -0.2) is 47.0 Å². The van der Waals surface area contributed by atoms with Gasteiger partial charge in [-0.1, -0.05) is 0 Å². The Balaban J connectivity index is 1.76. The summed E-state index contributed by atoms with van der Waals surface area (Å²) in [4.78, 5) is 2.28. The van der Waals surface area contributed by atoms with Gasteiger partial charge in [0.05, 0.1) is 18.4 Å². The van der Waals surface area contributed by atoms with Crippen molar-refractivity contribution in [2.75, 3.05) is 20.1 Å². The summed E-state index contributed by atoms with van der Waals surface area (Å²) in [7, 11) is 4.06. The van der Waals surface area contributed by atoms with Gasteiger partial charge in [-0.2, -0.15) is 5.10 Å². The fourth-order valence-electron chi connectivity index (χ4n) is 2.37. The third-order valence-corrected chi connectivity index (χ3v) is 3.18. The van der Waals surface area contributed by atoms with Crippen LogP contribution in [-0.2, 0) is 18.3 Å². The maximum Gasteiger partial charge on any atom is 0.0707 e. The lowest BCUT2D eigenvalue weighted by molar-refractivity contribution is 0.0306. The second-order valence-electron chi connectivity index (χ2n) is 4.91. The Hall–Kier alpha value is -0.910. The highest BCUT2D eigenvalue weighted by Gasteiger charge is 2.24. The predicted octanol–water partition coefficient (Wildman–Crippen LogP) is 0.358. The highest BCUT2D eigenvalue weighted by Crippen LogP contribution is 2.19. The van der Waals surface area contributed by atoms with Gasteiger partial charge in [-0.05, 0) is 19.9 Å². The van der Waals surface area contributed by atoms with E-state index in [1.165, 1.54) is 5.56 Å². The molecule has 0 spiro atoms.